The molecule has 1 aliphatic heterocycles. The summed E-state index contributed by atoms with van der Waals surface area (Å²) in [5.41, 5.74) is 2.33. The summed E-state index contributed by atoms with van der Waals surface area (Å²) >= 11 is 0. The molecule has 2 aromatic rings. The molecule has 3 fully saturated rings. The fourth-order valence-corrected chi connectivity index (χ4v) is 5.70. The molecule has 178 valence electrons. The Morgan fingerprint density at radius 2 is 1.65 bits per heavy atom. The molecule has 6 heteroatoms. The zero-order chi connectivity index (χ0) is 23.5. The van der Waals surface area contributed by atoms with Gasteiger partial charge in [-0.1, -0.05) is 49.6 Å². The number of carbonyl (C=O) groups is 3. The number of hydrogen-bond donors (Lipinski definition) is 2. The van der Waals surface area contributed by atoms with Crippen LogP contribution in [0.1, 0.15) is 67.3 Å². The normalized spacial score (nSPS) is 24.1. The van der Waals surface area contributed by atoms with Gasteiger partial charge in [0.15, 0.2) is 0 Å². The fraction of sp³-hybridized carbons (Fsp3) is 0.464. The molecule has 6 nitrogen and oxygen atoms in total. The first-order valence-corrected chi connectivity index (χ1v) is 12.7. The third-order valence-corrected chi connectivity index (χ3v) is 7.78. The third kappa shape index (κ3) is 4.72. The van der Waals surface area contributed by atoms with Crippen LogP contribution in [-0.4, -0.2) is 34.7 Å². The molecule has 0 spiro atoms. The quantitative estimate of drug-likeness (QED) is 0.667. The highest BCUT2D eigenvalue weighted by molar-refractivity contribution is 5.98. The van der Waals surface area contributed by atoms with E-state index in [1.807, 2.05) is 59.5 Å². The van der Waals surface area contributed by atoms with E-state index in [4.69, 9.17) is 0 Å². The van der Waals surface area contributed by atoms with Crippen LogP contribution in [0.25, 0.3) is 0 Å². The summed E-state index contributed by atoms with van der Waals surface area (Å²) < 4.78 is 0. The van der Waals surface area contributed by atoms with Crippen LogP contribution in [0.5, 0.6) is 0 Å². The van der Waals surface area contributed by atoms with E-state index in [1.165, 1.54) is 6.42 Å². The monoisotopic (exact) mass is 459 g/mol. The van der Waals surface area contributed by atoms with Gasteiger partial charge in [0.1, 0.15) is 6.04 Å². The second-order valence-electron chi connectivity index (χ2n) is 9.98. The van der Waals surface area contributed by atoms with Crippen LogP contribution in [0.2, 0.25) is 0 Å². The molecular weight excluding hydrogens is 426 g/mol. The lowest BCUT2D eigenvalue weighted by atomic mass is 9.84. The number of hydrogen-bond acceptors (Lipinski definition) is 3. The van der Waals surface area contributed by atoms with Gasteiger partial charge in [0, 0.05) is 29.8 Å². The van der Waals surface area contributed by atoms with Crippen molar-refractivity contribution in [1.82, 2.24) is 10.2 Å². The first-order valence-electron chi connectivity index (χ1n) is 12.7. The first-order chi connectivity index (χ1) is 16.6. The van der Waals surface area contributed by atoms with Crippen LogP contribution < -0.4 is 10.6 Å². The molecule has 3 unspecified atom stereocenters. The standard InChI is InChI=1S/C28H33N3O3/c32-26(20-12-7-13-20)30-23-14-6-8-19(16-23)18-29-27(33)25-17-22-11-4-5-15-24(22)31(25)28(34)21-9-2-1-3-10-21/h1-3,6,8-10,14,16,20,22,24-25H,4-5,7,11-13,15,17-18H2,(H,29,33)(H,30,32). The molecule has 3 aliphatic rings. The van der Waals surface area contributed by atoms with Crippen molar-refractivity contribution in [2.24, 2.45) is 11.8 Å². The van der Waals surface area contributed by atoms with Gasteiger partial charge >= 0.3 is 0 Å². The van der Waals surface area contributed by atoms with Crippen molar-refractivity contribution >= 4 is 23.4 Å². The van der Waals surface area contributed by atoms with Gasteiger partial charge in [0.05, 0.1) is 0 Å². The van der Waals surface area contributed by atoms with Crippen LogP contribution >= 0.6 is 0 Å². The van der Waals surface area contributed by atoms with Gasteiger partial charge in [0.25, 0.3) is 5.91 Å². The molecular formula is C28H33N3O3. The van der Waals surface area contributed by atoms with Crippen molar-refractivity contribution in [3.05, 3.63) is 65.7 Å². The van der Waals surface area contributed by atoms with E-state index < -0.39 is 6.04 Å². The summed E-state index contributed by atoms with van der Waals surface area (Å²) in [4.78, 5) is 40.9. The summed E-state index contributed by atoms with van der Waals surface area (Å²) in [6.07, 6.45) is 8.09. The Hall–Kier alpha value is -3.15. The predicted molar refractivity (Wildman–Crippen MR) is 131 cm³/mol. The lowest BCUT2D eigenvalue weighted by Crippen LogP contribution is -2.49. The molecule has 2 N–H and O–H groups in total. The summed E-state index contributed by atoms with van der Waals surface area (Å²) in [6, 6.07) is 16.6. The minimum atomic E-state index is -0.442. The SMILES string of the molecule is O=C(Nc1cccc(CNC(=O)C2CC3CCCCC3N2C(=O)c2ccccc2)c1)C1CCC1. The van der Waals surface area contributed by atoms with E-state index in [0.29, 0.717) is 18.0 Å². The Labute approximate surface area is 201 Å². The summed E-state index contributed by atoms with van der Waals surface area (Å²) in [7, 11) is 0. The van der Waals surface area contributed by atoms with E-state index in [1.54, 1.807) is 0 Å². The number of benzene rings is 2. The van der Waals surface area contributed by atoms with Gasteiger partial charge in [-0.05, 0) is 67.9 Å². The maximum atomic E-state index is 13.4. The summed E-state index contributed by atoms with van der Waals surface area (Å²) in [6.45, 7) is 0.366. The minimum absolute atomic E-state index is 0.0455. The number of fused-ring (bicyclic) bond motifs is 1. The Balaban J connectivity index is 1.26. The summed E-state index contributed by atoms with van der Waals surface area (Å²) in [5.74, 6) is 0.458. The van der Waals surface area contributed by atoms with Crippen LogP contribution in [0.15, 0.2) is 54.6 Å². The molecule has 0 radical (unpaired) electrons. The molecule has 2 saturated carbocycles. The van der Waals surface area contributed by atoms with Crippen LogP contribution in [0.4, 0.5) is 5.69 Å². The topological polar surface area (TPSA) is 78.5 Å². The maximum Gasteiger partial charge on any atom is 0.254 e. The molecule has 1 heterocycles. The van der Waals surface area contributed by atoms with Crippen LogP contribution in [0.3, 0.4) is 0 Å². The average Bonchev–Trinajstić information content (AvgIpc) is 3.21. The van der Waals surface area contributed by atoms with Gasteiger partial charge in [-0.2, -0.15) is 0 Å². The Bertz CT molecular complexity index is 1050. The van der Waals surface area contributed by atoms with Gasteiger partial charge in [0.2, 0.25) is 11.8 Å². The molecule has 3 atom stereocenters. The highest BCUT2D eigenvalue weighted by atomic mass is 16.2. The highest BCUT2D eigenvalue weighted by Gasteiger charge is 2.47. The second kappa shape index (κ2) is 10.00. The number of nitrogens with one attached hydrogen (secondary N) is 2. The molecule has 0 aromatic heterocycles. The molecule has 34 heavy (non-hydrogen) atoms. The van der Waals surface area contributed by atoms with Gasteiger partial charge < -0.3 is 15.5 Å². The predicted octanol–water partition coefficient (Wildman–Crippen LogP) is 4.51. The Kier molecular flexibility index (Phi) is 6.66. The lowest BCUT2D eigenvalue weighted by molar-refractivity contribution is -0.125. The molecule has 2 aromatic carbocycles. The van der Waals surface area contributed by atoms with Gasteiger partial charge in [-0.25, -0.2) is 0 Å². The smallest absolute Gasteiger partial charge is 0.254 e. The Morgan fingerprint density at radius 3 is 2.41 bits per heavy atom. The molecule has 3 amide bonds. The third-order valence-electron chi connectivity index (χ3n) is 7.78. The van der Waals surface area contributed by atoms with Gasteiger partial charge in [-0.3, -0.25) is 14.4 Å². The highest BCUT2D eigenvalue weighted by Crippen LogP contribution is 2.40. The number of anilines is 1. The lowest BCUT2D eigenvalue weighted by Gasteiger charge is -2.33. The number of amides is 3. The molecule has 1 saturated heterocycles. The number of likely N-dealkylation sites (tertiary alicyclic amines) is 1. The summed E-state index contributed by atoms with van der Waals surface area (Å²) in [5, 5.41) is 6.06. The zero-order valence-corrected chi connectivity index (χ0v) is 19.5. The van der Waals surface area contributed by atoms with Crippen molar-refractivity contribution in [3.8, 4) is 0 Å². The Morgan fingerprint density at radius 1 is 0.853 bits per heavy atom. The average molecular weight is 460 g/mol. The van der Waals surface area contributed by atoms with E-state index in [-0.39, 0.29) is 29.7 Å². The zero-order valence-electron chi connectivity index (χ0n) is 19.5. The van der Waals surface area contributed by atoms with Gasteiger partial charge in [-0.15, -0.1) is 0 Å². The van der Waals surface area contributed by atoms with Crippen molar-refractivity contribution in [2.45, 2.75) is 70.0 Å². The van der Waals surface area contributed by atoms with Crippen molar-refractivity contribution in [1.29, 1.82) is 0 Å². The first kappa shape index (κ1) is 22.6. The fourth-order valence-electron chi connectivity index (χ4n) is 5.70. The maximum absolute atomic E-state index is 13.4. The largest absolute Gasteiger partial charge is 0.350 e. The van der Waals surface area contributed by atoms with Crippen LogP contribution in [-0.2, 0) is 16.1 Å². The molecule has 2 aliphatic carbocycles. The van der Waals surface area contributed by atoms with Crippen molar-refractivity contribution in [3.63, 3.8) is 0 Å². The second-order valence-corrected chi connectivity index (χ2v) is 9.98. The van der Waals surface area contributed by atoms with E-state index in [2.05, 4.69) is 10.6 Å². The van der Waals surface area contributed by atoms with Crippen LogP contribution in [0, 0.1) is 11.8 Å². The molecule has 5 rings (SSSR count). The van der Waals surface area contributed by atoms with E-state index in [9.17, 15) is 14.4 Å². The van der Waals surface area contributed by atoms with E-state index >= 15 is 0 Å². The van der Waals surface area contributed by atoms with E-state index in [0.717, 1.165) is 56.2 Å². The molecule has 0 bridgehead atoms. The minimum Gasteiger partial charge on any atom is -0.350 e. The van der Waals surface area contributed by atoms with Crippen molar-refractivity contribution < 1.29 is 14.4 Å². The number of carbonyl (C=O) groups excluding carboxylic acids is 3. The number of nitrogens with zero attached hydrogens (tertiary/aromatic N) is 1. The number of rotatable bonds is 6. The van der Waals surface area contributed by atoms with Crippen molar-refractivity contribution in [2.75, 3.05) is 5.32 Å².